The van der Waals surface area contributed by atoms with Crippen LogP contribution in [0.3, 0.4) is 0 Å². The molecule has 1 heterocycles. The van der Waals surface area contributed by atoms with E-state index in [0.717, 1.165) is 26.5 Å². The molecule has 0 N–H and O–H groups in total. The third-order valence-electron chi connectivity index (χ3n) is 3.67. The molecule has 3 rings (SSSR count). The van der Waals surface area contributed by atoms with Crippen LogP contribution in [0.5, 0.6) is 0 Å². The zero-order valence-electron chi connectivity index (χ0n) is 13.0. The van der Waals surface area contributed by atoms with Gasteiger partial charge in [0.15, 0.2) is 0 Å². The first kappa shape index (κ1) is 15.7. The lowest BCUT2D eigenvalue weighted by atomic mass is 9.94. The van der Waals surface area contributed by atoms with Gasteiger partial charge in [-0.1, -0.05) is 52.3 Å². The molecule has 0 saturated carbocycles. The van der Waals surface area contributed by atoms with Crippen molar-refractivity contribution < 1.29 is 9.53 Å². The Morgan fingerprint density at radius 2 is 1.91 bits per heavy atom. The van der Waals surface area contributed by atoms with Crippen molar-refractivity contribution >= 4 is 32.8 Å². The average Bonchev–Trinajstić information content (AvgIpc) is 2.54. The average molecular weight is 370 g/mol. The molecular formula is C19H16BrNO2. The number of rotatable bonds is 3. The number of esters is 1. The fraction of sp³-hybridized carbons (Fsp3) is 0.158. The molecule has 0 amide bonds. The molecule has 0 radical (unpaired) electrons. The highest BCUT2D eigenvalue weighted by Gasteiger charge is 2.21. The third kappa shape index (κ3) is 2.99. The van der Waals surface area contributed by atoms with E-state index in [9.17, 15) is 4.79 Å². The second kappa shape index (κ2) is 6.50. The molecule has 0 atom stereocenters. The summed E-state index contributed by atoms with van der Waals surface area (Å²) in [5, 5.41) is 0.938. The maximum absolute atomic E-state index is 12.5. The SMILES string of the molecule is CCOC(=O)c1c(C)nc2cc(Br)ccc2c1-c1ccccc1. The number of hydrogen-bond acceptors (Lipinski definition) is 3. The molecule has 0 aliphatic carbocycles. The van der Waals surface area contributed by atoms with Gasteiger partial charge in [-0.25, -0.2) is 4.79 Å². The fourth-order valence-corrected chi connectivity index (χ4v) is 3.07. The summed E-state index contributed by atoms with van der Waals surface area (Å²) in [5.41, 5.74) is 3.91. The van der Waals surface area contributed by atoms with Crippen molar-refractivity contribution in [3.63, 3.8) is 0 Å². The minimum atomic E-state index is -0.332. The molecule has 0 aliphatic rings. The molecule has 0 fully saturated rings. The number of halogens is 1. The zero-order chi connectivity index (χ0) is 16.4. The Morgan fingerprint density at radius 3 is 2.61 bits per heavy atom. The van der Waals surface area contributed by atoms with Crippen molar-refractivity contribution in [3.05, 3.63) is 64.3 Å². The Labute approximate surface area is 143 Å². The molecule has 2 aromatic carbocycles. The third-order valence-corrected chi connectivity index (χ3v) is 4.16. The zero-order valence-corrected chi connectivity index (χ0v) is 14.6. The van der Waals surface area contributed by atoms with E-state index in [-0.39, 0.29) is 5.97 Å². The number of pyridine rings is 1. The maximum Gasteiger partial charge on any atom is 0.340 e. The molecular weight excluding hydrogens is 354 g/mol. The van der Waals surface area contributed by atoms with Gasteiger partial charge in [0, 0.05) is 15.4 Å². The van der Waals surface area contributed by atoms with Crippen molar-refractivity contribution in [3.8, 4) is 11.1 Å². The highest BCUT2D eigenvalue weighted by Crippen LogP contribution is 2.34. The lowest BCUT2D eigenvalue weighted by Gasteiger charge is -2.15. The quantitative estimate of drug-likeness (QED) is 0.599. The van der Waals surface area contributed by atoms with Crippen LogP contribution in [-0.4, -0.2) is 17.6 Å². The fourth-order valence-electron chi connectivity index (χ4n) is 2.72. The second-order valence-electron chi connectivity index (χ2n) is 5.20. The van der Waals surface area contributed by atoms with E-state index in [1.165, 1.54) is 0 Å². The van der Waals surface area contributed by atoms with Crippen LogP contribution in [0.15, 0.2) is 53.0 Å². The Bertz CT molecular complexity index is 875. The summed E-state index contributed by atoms with van der Waals surface area (Å²) in [6, 6.07) is 15.8. The number of nitrogens with zero attached hydrogens (tertiary/aromatic N) is 1. The number of aryl methyl sites for hydroxylation is 1. The van der Waals surface area contributed by atoms with Gasteiger partial charge < -0.3 is 4.74 Å². The largest absolute Gasteiger partial charge is 0.462 e. The first-order chi connectivity index (χ1) is 11.1. The molecule has 0 unspecified atom stereocenters. The normalized spacial score (nSPS) is 10.7. The number of carbonyl (C=O) groups is 1. The molecule has 3 nitrogen and oxygen atoms in total. The van der Waals surface area contributed by atoms with Crippen LogP contribution in [0.2, 0.25) is 0 Å². The van der Waals surface area contributed by atoms with Crippen molar-refractivity contribution in [1.82, 2.24) is 4.98 Å². The van der Waals surface area contributed by atoms with E-state index in [4.69, 9.17) is 4.74 Å². The number of fused-ring (bicyclic) bond motifs is 1. The highest BCUT2D eigenvalue weighted by atomic mass is 79.9. The van der Waals surface area contributed by atoms with Crippen LogP contribution in [0, 0.1) is 6.92 Å². The first-order valence-electron chi connectivity index (χ1n) is 7.44. The summed E-state index contributed by atoms with van der Waals surface area (Å²) >= 11 is 3.48. The van der Waals surface area contributed by atoms with Gasteiger partial charge in [0.2, 0.25) is 0 Å². The summed E-state index contributed by atoms with van der Waals surface area (Å²) in [7, 11) is 0. The van der Waals surface area contributed by atoms with Gasteiger partial charge in [-0.2, -0.15) is 0 Å². The van der Waals surface area contributed by atoms with Crippen LogP contribution in [0.1, 0.15) is 23.0 Å². The molecule has 0 bridgehead atoms. The van der Waals surface area contributed by atoms with Crippen molar-refractivity contribution in [2.45, 2.75) is 13.8 Å². The predicted molar refractivity (Wildman–Crippen MR) is 95.6 cm³/mol. The van der Waals surface area contributed by atoms with Crippen molar-refractivity contribution in [2.24, 2.45) is 0 Å². The second-order valence-corrected chi connectivity index (χ2v) is 6.11. The minimum absolute atomic E-state index is 0.332. The van der Waals surface area contributed by atoms with Crippen LogP contribution in [-0.2, 0) is 4.74 Å². The van der Waals surface area contributed by atoms with E-state index < -0.39 is 0 Å². The molecule has 23 heavy (non-hydrogen) atoms. The van der Waals surface area contributed by atoms with Crippen LogP contribution >= 0.6 is 15.9 Å². The minimum Gasteiger partial charge on any atom is -0.462 e. The molecule has 0 spiro atoms. The molecule has 4 heteroatoms. The van der Waals surface area contributed by atoms with E-state index in [1.807, 2.05) is 55.5 Å². The van der Waals surface area contributed by atoms with Gasteiger partial charge >= 0.3 is 5.97 Å². The van der Waals surface area contributed by atoms with E-state index in [1.54, 1.807) is 6.92 Å². The van der Waals surface area contributed by atoms with E-state index in [0.29, 0.717) is 17.9 Å². The van der Waals surface area contributed by atoms with Gasteiger partial charge in [-0.05, 0) is 31.5 Å². The number of hydrogen-bond donors (Lipinski definition) is 0. The molecule has 0 saturated heterocycles. The van der Waals surface area contributed by atoms with Gasteiger partial charge in [0.05, 0.1) is 23.4 Å². The summed E-state index contributed by atoms with van der Waals surface area (Å²) < 4.78 is 6.21. The Morgan fingerprint density at radius 1 is 1.17 bits per heavy atom. The van der Waals surface area contributed by atoms with Crippen molar-refractivity contribution in [1.29, 1.82) is 0 Å². The number of benzene rings is 2. The summed E-state index contributed by atoms with van der Waals surface area (Å²) in [6.07, 6.45) is 0. The van der Waals surface area contributed by atoms with Crippen LogP contribution < -0.4 is 0 Å². The summed E-state index contributed by atoms with van der Waals surface area (Å²) in [6.45, 7) is 3.99. The van der Waals surface area contributed by atoms with Gasteiger partial charge in [0.1, 0.15) is 0 Å². The van der Waals surface area contributed by atoms with Crippen LogP contribution in [0.4, 0.5) is 0 Å². The smallest absolute Gasteiger partial charge is 0.340 e. The lowest BCUT2D eigenvalue weighted by Crippen LogP contribution is -2.10. The number of aromatic nitrogens is 1. The standard InChI is InChI=1S/C19H16BrNO2/c1-3-23-19(22)17-12(2)21-16-11-14(20)9-10-15(16)18(17)13-7-5-4-6-8-13/h4-11H,3H2,1-2H3. The van der Waals surface area contributed by atoms with E-state index >= 15 is 0 Å². The Hall–Kier alpha value is -2.20. The van der Waals surface area contributed by atoms with Gasteiger partial charge in [0.25, 0.3) is 0 Å². The van der Waals surface area contributed by atoms with E-state index in [2.05, 4.69) is 20.9 Å². The van der Waals surface area contributed by atoms with Crippen LogP contribution in [0.25, 0.3) is 22.0 Å². The summed E-state index contributed by atoms with van der Waals surface area (Å²) in [4.78, 5) is 17.1. The topological polar surface area (TPSA) is 39.2 Å². The van der Waals surface area contributed by atoms with Gasteiger partial charge in [-0.15, -0.1) is 0 Å². The molecule has 0 aliphatic heterocycles. The Balaban J connectivity index is 2.39. The summed E-state index contributed by atoms with van der Waals surface area (Å²) in [5.74, 6) is -0.332. The first-order valence-corrected chi connectivity index (χ1v) is 8.23. The lowest BCUT2D eigenvalue weighted by molar-refractivity contribution is 0.0526. The maximum atomic E-state index is 12.5. The number of carbonyl (C=O) groups excluding carboxylic acids is 1. The molecule has 116 valence electrons. The number of ether oxygens (including phenoxy) is 1. The van der Waals surface area contributed by atoms with Crippen molar-refractivity contribution in [2.75, 3.05) is 6.61 Å². The monoisotopic (exact) mass is 369 g/mol. The molecule has 3 aromatic rings. The van der Waals surface area contributed by atoms with Gasteiger partial charge in [-0.3, -0.25) is 4.98 Å². The molecule has 1 aromatic heterocycles. The highest BCUT2D eigenvalue weighted by molar-refractivity contribution is 9.10. The predicted octanol–water partition coefficient (Wildman–Crippen LogP) is 5.15. The Kier molecular flexibility index (Phi) is 4.44.